The number of hydrogen-bond acceptors (Lipinski definition) is 7. The highest BCUT2D eigenvalue weighted by Crippen LogP contribution is 2.31. The van der Waals surface area contributed by atoms with Crippen molar-refractivity contribution in [1.29, 1.82) is 0 Å². The number of rotatable bonds is 3. The van der Waals surface area contributed by atoms with Crippen LogP contribution in [0.3, 0.4) is 0 Å². The first-order valence-corrected chi connectivity index (χ1v) is 12.2. The molecule has 3 aliphatic heterocycles. The topological polar surface area (TPSA) is 51.7 Å². The van der Waals surface area contributed by atoms with Crippen LogP contribution in [-0.2, 0) is 4.79 Å². The fraction of sp³-hybridized carbons (Fsp3) is 0.579. The number of hydrogen-bond donors (Lipinski definition) is 1. The molecule has 2 aromatic rings. The van der Waals surface area contributed by atoms with E-state index in [1.54, 1.807) is 11.3 Å². The summed E-state index contributed by atoms with van der Waals surface area (Å²) in [6.45, 7) is 5.80. The number of piperazine rings is 1. The van der Waals surface area contributed by atoms with E-state index < -0.39 is 0 Å². The molecule has 0 unspecified atom stereocenters. The Balaban J connectivity index is 1.17. The van der Waals surface area contributed by atoms with E-state index in [0.717, 1.165) is 73.0 Å². The summed E-state index contributed by atoms with van der Waals surface area (Å²) >= 11 is 9.68. The van der Waals surface area contributed by atoms with Gasteiger partial charge in [0.15, 0.2) is 5.13 Å². The average Bonchev–Trinajstić information content (AvgIpc) is 3.47. The van der Waals surface area contributed by atoms with Crippen LogP contribution in [0.5, 0.6) is 0 Å². The lowest BCUT2D eigenvalue weighted by Gasteiger charge is -2.37. The predicted octanol–water partition coefficient (Wildman–Crippen LogP) is 2.34. The maximum atomic E-state index is 12.6. The van der Waals surface area contributed by atoms with Crippen LogP contribution < -0.4 is 10.2 Å². The maximum absolute atomic E-state index is 12.6. The van der Waals surface area contributed by atoms with Crippen LogP contribution in [-0.4, -0.2) is 83.7 Å². The molecule has 4 heterocycles. The smallest absolute Gasteiger partial charge is 0.240 e. The van der Waals surface area contributed by atoms with Crippen molar-refractivity contribution in [2.45, 2.75) is 18.5 Å². The monoisotopic (exact) mass is 437 g/mol. The van der Waals surface area contributed by atoms with Gasteiger partial charge in [-0.25, -0.2) is 4.98 Å². The predicted molar refractivity (Wildman–Crippen MR) is 118 cm³/mol. The standard InChI is InChI=1S/C19H24ClN5OS2/c20-13-1-2-17-15(9-13)22-19(28-17)24-5-3-23(4-6-24)14-10-16(21-11-14)18(26)25-7-8-27-12-25/h1-2,9,14,16,21H,3-8,10-12H2/t14-,16-/m0/s1. The number of thiazole rings is 1. The molecule has 0 aliphatic carbocycles. The van der Waals surface area contributed by atoms with Crippen molar-refractivity contribution >= 4 is 56.0 Å². The van der Waals surface area contributed by atoms with Gasteiger partial charge in [0.2, 0.25) is 5.91 Å². The first kappa shape index (κ1) is 18.9. The Kier molecular flexibility index (Phi) is 5.40. The highest BCUT2D eigenvalue weighted by molar-refractivity contribution is 7.99. The normalized spacial score (nSPS) is 26.5. The highest BCUT2D eigenvalue weighted by Gasteiger charge is 2.36. The minimum Gasteiger partial charge on any atom is -0.345 e. The average molecular weight is 438 g/mol. The van der Waals surface area contributed by atoms with Gasteiger partial charge in [-0.15, -0.1) is 11.8 Å². The number of nitrogens with one attached hydrogen (secondary N) is 1. The van der Waals surface area contributed by atoms with Gasteiger partial charge in [0, 0.05) is 56.1 Å². The number of fused-ring (bicyclic) bond motifs is 1. The van der Waals surface area contributed by atoms with Crippen molar-refractivity contribution in [3.8, 4) is 0 Å². The third-order valence-corrected chi connectivity index (χ3v) is 8.21. The summed E-state index contributed by atoms with van der Waals surface area (Å²) in [4.78, 5) is 24.3. The lowest BCUT2D eigenvalue weighted by Crippen LogP contribution is -2.51. The summed E-state index contributed by atoms with van der Waals surface area (Å²) in [5, 5.41) is 5.29. The number of anilines is 1. The number of aromatic nitrogens is 1. The van der Waals surface area contributed by atoms with Crippen LogP contribution in [0.2, 0.25) is 5.02 Å². The number of thioether (sulfide) groups is 1. The van der Waals surface area contributed by atoms with E-state index in [4.69, 9.17) is 16.6 Å². The number of amides is 1. The number of nitrogens with zero attached hydrogens (tertiary/aromatic N) is 4. The summed E-state index contributed by atoms with van der Waals surface area (Å²) in [5.41, 5.74) is 0.983. The minimum absolute atomic E-state index is 0.00394. The molecule has 6 nitrogen and oxygen atoms in total. The number of carbonyl (C=O) groups excluding carboxylic acids is 1. The molecule has 1 aromatic carbocycles. The van der Waals surface area contributed by atoms with Crippen LogP contribution in [0.4, 0.5) is 5.13 Å². The molecule has 28 heavy (non-hydrogen) atoms. The third-order valence-electron chi connectivity index (χ3n) is 5.91. The second kappa shape index (κ2) is 7.99. The summed E-state index contributed by atoms with van der Waals surface area (Å²) in [6.07, 6.45) is 0.930. The molecule has 3 aliphatic rings. The largest absolute Gasteiger partial charge is 0.345 e. The van der Waals surface area contributed by atoms with E-state index in [1.165, 1.54) is 4.70 Å². The summed E-state index contributed by atoms with van der Waals surface area (Å²) < 4.78 is 1.18. The summed E-state index contributed by atoms with van der Waals surface area (Å²) in [6, 6.07) is 6.37. The quantitative estimate of drug-likeness (QED) is 0.795. The van der Waals surface area contributed by atoms with Gasteiger partial charge < -0.3 is 15.1 Å². The van der Waals surface area contributed by atoms with Crippen molar-refractivity contribution in [2.75, 3.05) is 55.8 Å². The van der Waals surface area contributed by atoms with Crippen molar-refractivity contribution in [2.24, 2.45) is 0 Å². The van der Waals surface area contributed by atoms with Gasteiger partial charge in [0.05, 0.1) is 22.1 Å². The molecule has 3 fully saturated rings. The zero-order chi connectivity index (χ0) is 19.1. The second-order valence-corrected chi connectivity index (χ2v) is 10.1. The van der Waals surface area contributed by atoms with Gasteiger partial charge in [-0.05, 0) is 24.6 Å². The molecular weight excluding hydrogens is 414 g/mol. The van der Waals surface area contributed by atoms with Crippen LogP contribution >= 0.6 is 34.7 Å². The Bertz CT molecular complexity index is 863. The molecule has 0 spiro atoms. The first-order chi connectivity index (χ1) is 13.7. The SMILES string of the molecule is O=C([C@@H]1C[C@H](N2CCN(c3nc4cc(Cl)ccc4s3)CC2)CN1)N1CCSC1. The fourth-order valence-corrected chi connectivity index (χ4v) is 6.41. The molecule has 0 radical (unpaired) electrons. The van der Waals surface area contributed by atoms with Crippen molar-refractivity contribution in [3.05, 3.63) is 23.2 Å². The number of carbonyl (C=O) groups is 1. The van der Waals surface area contributed by atoms with Crippen molar-refractivity contribution < 1.29 is 4.79 Å². The first-order valence-electron chi connectivity index (χ1n) is 9.82. The zero-order valence-corrected chi connectivity index (χ0v) is 18.0. The van der Waals surface area contributed by atoms with Crippen LogP contribution in [0.1, 0.15) is 6.42 Å². The van der Waals surface area contributed by atoms with Gasteiger partial charge >= 0.3 is 0 Å². The molecule has 9 heteroatoms. The van der Waals surface area contributed by atoms with E-state index in [2.05, 4.69) is 21.2 Å². The van der Waals surface area contributed by atoms with Crippen LogP contribution in [0.15, 0.2) is 18.2 Å². The molecule has 5 rings (SSSR count). The van der Waals surface area contributed by atoms with E-state index in [-0.39, 0.29) is 6.04 Å². The third kappa shape index (κ3) is 3.73. The molecule has 1 N–H and O–H groups in total. The molecule has 2 atom stereocenters. The van der Waals surface area contributed by atoms with E-state index in [1.807, 2.05) is 28.8 Å². The Morgan fingerprint density at radius 2 is 2.07 bits per heavy atom. The highest BCUT2D eigenvalue weighted by atomic mass is 35.5. The second-order valence-electron chi connectivity index (χ2n) is 7.62. The Morgan fingerprint density at radius 1 is 1.21 bits per heavy atom. The molecule has 1 amide bonds. The van der Waals surface area contributed by atoms with Gasteiger partial charge in [-0.1, -0.05) is 22.9 Å². The number of halogens is 1. The summed E-state index contributed by atoms with van der Waals surface area (Å²) in [5.74, 6) is 2.22. The molecule has 3 saturated heterocycles. The molecule has 1 aromatic heterocycles. The van der Waals surface area contributed by atoms with Crippen molar-refractivity contribution in [1.82, 2.24) is 20.1 Å². The van der Waals surface area contributed by atoms with E-state index >= 15 is 0 Å². The fourth-order valence-electron chi connectivity index (χ4n) is 4.29. The zero-order valence-electron chi connectivity index (χ0n) is 15.6. The van der Waals surface area contributed by atoms with Gasteiger partial charge in [-0.2, -0.15) is 0 Å². The van der Waals surface area contributed by atoms with E-state index in [0.29, 0.717) is 11.9 Å². The van der Waals surface area contributed by atoms with Gasteiger partial charge in [0.1, 0.15) is 0 Å². The molecule has 0 saturated carbocycles. The van der Waals surface area contributed by atoms with Crippen molar-refractivity contribution in [3.63, 3.8) is 0 Å². The van der Waals surface area contributed by atoms with Crippen LogP contribution in [0.25, 0.3) is 10.2 Å². The lowest BCUT2D eigenvalue weighted by molar-refractivity contribution is -0.131. The molecule has 0 bridgehead atoms. The lowest BCUT2D eigenvalue weighted by atomic mass is 10.1. The van der Waals surface area contributed by atoms with Gasteiger partial charge in [-0.3, -0.25) is 9.69 Å². The molecular formula is C19H24ClN5OS2. The number of benzene rings is 1. The van der Waals surface area contributed by atoms with Gasteiger partial charge in [0.25, 0.3) is 0 Å². The Hall–Kier alpha value is -1.06. The Morgan fingerprint density at radius 3 is 2.86 bits per heavy atom. The van der Waals surface area contributed by atoms with E-state index in [9.17, 15) is 4.79 Å². The maximum Gasteiger partial charge on any atom is 0.240 e. The van der Waals surface area contributed by atoms with Crippen LogP contribution in [0, 0.1) is 0 Å². The Labute approximate surface area is 178 Å². The minimum atomic E-state index is -0.00394. The molecule has 150 valence electrons. The summed E-state index contributed by atoms with van der Waals surface area (Å²) in [7, 11) is 0.